The third kappa shape index (κ3) is 1.55. The van der Waals surface area contributed by atoms with Crippen molar-refractivity contribution in [3.8, 4) is 0 Å². The van der Waals surface area contributed by atoms with Gasteiger partial charge < -0.3 is 10.4 Å². The molecule has 1 aliphatic heterocycles. The molecule has 2 fully saturated rings. The first-order valence-corrected chi connectivity index (χ1v) is 7.06. The Morgan fingerprint density at radius 3 is 2.74 bits per heavy atom. The van der Waals surface area contributed by atoms with E-state index in [2.05, 4.69) is 19.2 Å². The van der Waals surface area contributed by atoms with Crippen molar-refractivity contribution >= 4 is 11.7 Å². The van der Waals surface area contributed by atoms with E-state index >= 15 is 0 Å². The summed E-state index contributed by atoms with van der Waals surface area (Å²) in [5, 5.41) is 13.3. The van der Waals surface area contributed by atoms with Crippen LogP contribution in [0.25, 0.3) is 0 Å². The lowest BCUT2D eigenvalue weighted by molar-refractivity contribution is -0.144. The second-order valence-corrected chi connectivity index (χ2v) is 6.76. The Kier molecular flexibility index (Phi) is 2.50. The summed E-state index contributed by atoms with van der Waals surface area (Å²) in [5.41, 5.74) is 0.0351. The molecule has 0 aromatic heterocycles. The summed E-state index contributed by atoms with van der Waals surface area (Å²) in [7, 11) is 0. The molecule has 2 saturated carbocycles. The van der Waals surface area contributed by atoms with Gasteiger partial charge in [0, 0.05) is 24.3 Å². The summed E-state index contributed by atoms with van der Waals surface area (Å²) in [6.07, 6.45) is 2.50. The van der Waals surface area contributed by atoms with E-state index in [9.17, 15) is 14.7 Å². The number of aliphatic hydroxyl groups is 1. The minimum absolute atomic E-state index is 0.121. The Bertz CT molecular complexity index is 510. The molecular formula is C15H21NO3. The van der Waals surface area contributed by atoms with E-state index in [4.69, 9.17) is 0 Å². The monoisotopic (exact) mass is 263 g/mol. The van der Waals surface area contributed by atoms with Crippen LogP contribution in [0.3, 0.4) is 0 Å². The molecule has 3 aliphatic rings. The average molecular weight is 263 g/mol. The molecule has 3 rings (SSSR count). The summed E-state index contributed by atoms with van der Waals surface area (Å²) >= 11 is 0. The fraction of sp³-hybridized carbons (Fsp3) is 0.733. The zero-order valence-corrected chi connectivity index (χ0v) is 11.7. The Morgan fingerprint density at radius 1 is 1.37 bits per heavy atom. The van der Waals surface area contributed by atoms with Gasteiger partial charge in [0.2, 0.25) is 5.91 Å². The van der Waals surface area contributed by atoms with Crippen molar-refractivity contribution in [3.05, 3.63) is 11.1 Å². The smallest absolute Gasteiger partial charge is 0.249 e. The lowest BCUT2D eigenvalue weighted by Crippen LogP contribution is -2.57. The molecule has 104 valence electrons. The van der Waals surface area contributed by atoms with Crippen LogP contribution in [-0.4, -0.2) is 22.5 Å². The first-order valence-electron chi connectivity index (χ1n) is 7.06. The van der Waals surface area contributed by atoms with Crippen LogP contribution in [0.5, 0.6) is 0 Å². The highest BCUT2D eigenvalue weighted by atomic mass is 16.3. The Balaban J connectivity index is 2.07. The van der Waals surface area contributed by atoms with Crippen LogP contribution < -0.4 is 5.32 Å². The third-order valence-corrected chi connectivity index (χ3v) is 5.80. The maximum atomic E-state index is 12.2. The number of ketones is 1. The molecule has 1 heterocycles. The number of fused-ring (bicyclic) bond motifs is 2. The van der Waals surface area contributed by atoms with Crippen LogP contribution in [0.15, 0.2) is 11.1 Å². The predicted molar refractivity (Wildman–Crippen MR) is 70.0 cm³/mol. The molecule has 4 heteroatoms. The van der Waals surface area contributed by atoms with Gasteiger partial charge in [-0.25, -0.2) is 0 Å². The number of carbonyl (C=O) groups excluding carboxylic acids is 2. The molecule has 0 aromatic rings. The minimum atomic E-state index is -1.28. The molecule has 4 atom stereocenters. The highest BCUT2D eigenvalue weighted by Gasteiger charge is 2.58. The van der Waals surface area contributed by atoms with E-state index in [1.165, 1.54) is 0 Å². The molecule has 2 aliphatic carbocycles. The van der Waals surface area contributed by atoms with Gasteiger partial charge in [-0.3, -0.25) is 9.59 Å². The van der Waals surface area contributed by atoms with Gasteiger partial charge in [0.05, 0.1) is 0 Å². The van der Waals surface area contributed by atoms with E-state index in [0.29, 0.717) is 30.8 Å². The molecule has 0 radical (unpaired) electrons. The maximum Gasteiger partial charge on any atom is 0.249 e. The van der Waals surface area contributed by atoms with Gasteiger partial charge in [-0.1, -0.05) is 13.8 Å². The van der Waals surface area contributed by atoms with Gasteiger partial charge in [0.1, 0.15) is 5.78 Å². The Morgan fingerprint density at radius 2 is 2.05 bits per heavy atom. The number of carbonyl (C=O) groups is 2. The van der Waals surface area contributed by atoms with Gasteiger partial charge in [0.25, 0.3) is 0 Å². The first kappa shape index (κ1) is 12.9. The van der Waals surface area contributed by atoms with E-state index in [-0.39, 0.29) is 23.0 Å². The van der Waals surface area contributed by atoms with Crippen LogP contribution in [-0.2, 0) is 9.59 Å². The van der Waals surface area contributed by atoms with Gasteiger partial charge in [-0.2, -0.15) is 0 Å². The molecule has 19 heavy (non-hydrogen) atoms. The number of nitrogens with one attached hydrogen (secondary N) is 1. The normalized spacial score (nSPS) is 45.9. The zero-order valence-electron chi connectivity index (χ0n) is 11.7. The number of hydrogen-bond donors (Lipinski definition) is 2. The standard InChI is InChI=1S/C15H21NO3/c1-8-4-5-12(17)11-7-15(19)10(6-14(8,11)3)9(2)13(18)16-15/h8,11,19H,4-7H2,1-3H3,(H,16,18)/t8-,11?,14+,15-/m0/s1. The number of Topliss-reactive ketones (excluding diaryl/α,β-unsaturated/α-hetero) is 1. The summed E-state index contributed by atoms with van der Waals surface area (Å²) in [6, 6.07) is 0. The lowest BCUT2D eigenvalue weighted by atomic mass is 9.53. The highest BCUT2D eigenvalue weighted by molar-refractivity contribution is 5.98. The number of hydrogen-bond acceptors (Lipinski definition) is 3. The van der Waals surface area contributed by atoms with Gasteiger partial charge in [-0.05, 0) is 36.7 Å². The van der Waals surface area contributed by atoms with E-state index < -0.39 is 5.72 Å². The quantitative estimate of drug-likeness (QED) is 0.696. The summed E-state index contributed by atoms with van der Waals surface area (Å²) in [6.45, 7) is 6.09. The first-order chi connectivity index (χ1) is 8.78. The predicted octanol–water partition coefficient (Wildman–Crippen LogP) is 1.54. The largest absolute Gasteiger partial charge is 0.367 e. The van der Waals surface area contributed by atoms with Crippen LogP contribution >= 0.6 is 0 Å². The third-order valence-electron chi connectivity index (χ3n) is 5.80. The molecule has 4 nitrogen and oxygen atoms in total. The van der Waals surface area contributed by atoms with Gasteiger partial charge >= 0.3 is 0 Å². The number of amides is 1. The topological polar surface area (TPSA) is 66.4 Å². The SMILES string of the molecule is CC1=C2C[C@@]3(C)C(C[C@@]2(O)NC1=O)C(=O)CC[C@@H]3C. The summed E-state index contributed by atoms with van der Waals surface area (Å²) in [5.74, 6) is 0.346. The van der Waals surface area contributed by atoms with Crippen molar-refractivity contribution in [3.63, 3.8) is 0 Å². The number of rotatable bonds is 0. The van der Waals surface area contributed by atoms with Crippen molar-refractivity contribution in [1.29, 1.82) is 0 Å². The van der Waals surface area contributed by atoms with Crippen molar-refractivity contribution in [2.24, 2.45) is 17.3 Å². The molecule has 0 spiro atoms. The molecular weight excluding hydrogens is 242 g/mol. The molecule has 0 aromatic carbocycles. The molecule has 0 saturated heterocycles. The molecule has 1 unspecified atom stereocenters. The maximum absolute atomic E-state index is 12.2. The highest BCUT2D eigenvalue weighted by Crippen LogP contribution is 2.56. The second-order valence-electron chi connectivity index (χ2n) is 6.76. The fourth-order valence-corrected chi connectivity index (χ4v) is 4.15. The zero-order chi connectivity index (χ0) is 14.0. The fourth-order valence-electron chi connectivity index (χ4n) is 4.15. The van der Waals surface area contributed by atoms with Crippen LogP contribution in [0, 0.1) is 17.3 Å². The van der Waals surface area contributed by atoms with Crippen LogP contribution in [0.4, 0.5) is 0 Å². The molecule has 2 N–H and O–H groups in total. The van der Waals surface area contributed by atoms with Gasteiger partial charge in [-0.15, -0.1) is 0 Å². The lowest BCUT2D eigenvalue weighted by Gasteiger charge is -2.52. The second kappa shape index (κ2) is 3.69. The minimum Gasteiger partial charge on any atom is -0.367 e. The summed E-state index contributed by atoms with van der Waals surface area (Å²) < 4.78 is 0. The van der Waals surface area contributed by atoms with Crippen molar-refractivity contribution in [2.75, 3.05) is 0 Å². The Hall–Kier alpha value is -1.16. The van der Waals surface area contributed by atoms with E-state index in [1.807, 2.05) is 0 Å². The molecule has 1 amide bonds. The van der Waals surface area contributed by atoms with E-state index in [0.717, 1.165) is 12.0 Å². The Labute approximate surface area is 113 Å². The van der Waals surface area contributed by atoms with Crippen molar-refractivity contribution < 1.29 is 14.7 Å². The van der Waals surface area contributed by atoms with Crippen molar-refractivity contribution in [2.45, 2.75) is 52.2 Å². The average Bonchev–Trinajstić information content (AvgIpc) is 2.55. The van der Waals surface area contributed by atoms with Gasteiger partial charge in [0.15, 0.2) is 5.72 Å². The van der Waals surface area contributed by atoms with Crippen LogP contribution in [0.1, 0.15) is 46.5 Å². The summed E-state index contributed by atoms with van der Waals surface area (Å²) in [4.78, 5) is 24.0. The molecule has 0 bridgehead atoms. The van der Waals surface area contributed by atoms with Crippen LogP contribution in [0.2, 0.25) is 0 Å². The van der Waals surface area contributed by atoms with E-state index in [1.54, 1.807) is 6.92 Å². The van der Waals surface area contributed by atoms with Crippen molar-refractivity contribution in [1.82, 2.24) is 5.32 Å².